The summed E-state index contributed by atoms with van der Waals surface area (Å²) in [4.78, 5) is 8.36. The number of aryl methyl sites for hydroxylation is 1. The highest BCUT2D eigenvalue weighted by atomic mass is 80.9. The number of hydrogen-bond acceptors (Lipinski definition) is 2. The van der Waals surface area contributed by atoms with Crippen molar-refractivity contribution < 1.29 is 19.1 Å². The van der Waals surface area contributed by atoms with E-state index in [9.17, 15) is 8.78 Å². The molecular formula is C14H13Br2F2NO3. The molecule has 0 saturated carbocycles. The number of benzene rings is 2. The van der Waals surface area contributed by atoms with Crippen LogP contribution in [0.1, 0.15) is 16.7 Å². The maximum atomic E-state index is 14.0. The fourth-order valence-corrected chi connectivity index (χ4v) is 1.58. The monoisotopic (exact) mass is 439 g/mol. The molecule has 0 unspecified atom stereocenters. The van der Waals surface area contributed by atoms with Crippen LogP contribution in [0.3, 0.4) is 0 Å². The van der Waals surface area contributed by atoms with Crippen molar-refractivity contribution in [2.24, 2.45) is 0 Å². The molecule has 0 aliphatic carbocycles. The molecular weight excluding hydrogens is 428 g/mol. The van der Waals surface area contributed by atoms with Gasteiger partial charge in [0.25, 0.3) is 11.0 Å². The second kappa shape index (κ2) is 10.2. The van der Waals surface area contributed by atoms with Crippen LogP contribution in [-0.4, -0.2) is 10.3 Å². The van der Waals surface area contributed by atoms with Crippen LogP contribution in [0.4, 0.5) is 8.78 Å². The van der Waals surface area contributed by atoms with Crippen molar-refractivity contribution in [1.29, 1.82) is 0 Å². The van der Waals surface area contributed by atoms with Crippen LogP contribution in [0.5, 0.6) is 0 Å². The number of nitrogens with zero attached hydrogens (tertiary/aromatic N) is 1. The highest BCUT2D eigenvalue weighted by Gasteiger charge is 2.33. The summed E-state index contributed by atoms with van der Waals surface area (Å²) in [6.07, 6.45) is 0. The van der Waals surface area contributed by atoms with Crippen LogP contribution in [0.2, 0.25) is 0 Å². The van der Waals surface area contributed by atoms with Crippen molar-refractivity contribution >= 4 is 28.3 Å². The van der Waals surface area contributed by atoms with Crippen molar-refractivity contribution in [3.8, 4) is 0 Å². The van der Waals surface area contributed by atoms with Crippen molar-refractivity contribution in [2.45, 2.75) is 12.8 Å². The lowest BCUT2D eigenvalue weighted by Crippen LogP contribution is -2.14. The maximum absolute atomic E-state index is 14.0. The van der Waals surface area contributed by atoms with E-state index in [0.717, 1.165) is 5.56 Å². The van der Waals surface area contributed by atoms with E-state index in [0.29, 0.717) is 0 Å². The zero-order chi connectivity index (χ0) is 17.2. The Morgan fingerprint density at radius 3 is 1.77 bits per heavy atom. The molecule has 0 amide bonds. The number of rotatable bonds is 2. The molecule has 8 heteroatoms. The van der Waals surface area contributed by atoms with Crippen LogP contribution < -0.4 is 0 Å². The molecule has 0 aromatic heterocycles. The van der Waals surface area contributed by atoms with Gasteiger partial charge in [-0.15, -0.1) is 10.1 Å². The summed E-state index contributed by atoms with van der Waals surface area (Å²) in [5.74, 6) is -2.92. The second-order valence-corrected chi connectivity index (χ2v) is 4.04. The van der Waals surface area contributed by atoms with Crippen molar-refractivity contribution in [3.63, 3.8) is 0 Å². The quantitative estimate of drug-likeness (QED) is 0.496. The number of halogens is 4. The molecule has 0 saturated heterocycles. The Kier molecular flexibility index (Phi) is 9.51. The first-order valence-electron chi connectivity index (χ1n) is 5.82. The first-order valence-corrected chi connectivity index (χ1v) is 9.53. The van der Waals surface area contributed by atoms with Gasteiger partial charge in [0.05, 0.1) is 0 Å². The third-order valence-electron chi connectivity index (χ3n) is 2.55. The minimum atomic E-state index is -2.92. The maximum Gasteiger partial charge on any atom is 0.298 e. The van der Waals surface area contributed by atoms with Gasteiger partial charge in [-0.05, 0) is 6.92 Å². The van der Waals surface area contributed by atoms with Gasteiger partial charge in [0.15, 0.2) is 0 Å². The second-order valence-electron chi connectivity index (χ2n) is 4.04. The molecule has 0 spiro atoms. The largest absolute Gasteiger partial charge is 0.328 e. The predicted molar refractivity (Wildman–Crippen MR) is 87.3 cm³/mol. The molecule has 0 aliphatic rings. The van der Waals surface area contributed by atoms with Crippen LogP contribution in [0, 0.1) is 17.0 Å². The lowest BCUT2D eigenvalue weighted by atomic mass is 10.00. The van der Waals surface area contributed by atoms with Gasteiger partial charge in [-0.3, -0.25) is 0 Å². The lowest BCUT2D eigenvalue weighted by Gasteiger charge is -2.17. The van der Waals surface area contributed by atoms with Crippen molar-refractivity contribution in [1.82, 2.24) is 0 Å². The Morgan fingerprint density at radius 1 is 1.00 bits per heavy atom. The summed E-state index contributed by atoms with van der Waals surface area (Å²) in [5, 5.41) is 13.6. The molecule has 0 fully saturated rings. The highest BCUT2D eigenvalue weighted by molar-refractivity contribution is 9.93. The SMILES string of the molecule is BrBr.Cc1ccc(C(F)(F)c2ccccc2)cc1.O=[N+]([O-])O. The Labute approximate surface area is 141 Å². The topological polar surface area (TPSA) is 63.4 Å². The van der Waals surface area contributed by atoms with E-state index in [-0.39, 0.29) is 11.1 Å². The summed E-state index contributed by atoms with van der Waals surface area (Å²) in [7, 11) is 0. The number of alkyl halides is 2. The third kappa shape index (κ3) is 6.95. The predicted octanol–water partition coefficient (Wildman–Crippen LogP) is 5.48. The van der Waals surface area contributed by atoms with Gasteiger partial charge in [-0.2, -0.15) is 8.78 Å². The molecule has 2 aromatic rings. The molecule has 2 rings (SSSR count). The van der Waals surface area contributed by atoms with Crippen molar-refractivity contribution in [3.05, 3.63) is 81.4 Å². The van der Waals surface area contributed by atoms with E-state index < -0.39 is 11.0 Å². The Morgan fingerprint density at radius 2 is 1.36 bits per heavy atom. The van der Waals surface area contributed by atoms with E-state index >= 15 is 0 Å². The zero-order valence-electron chi connectivity index (χ0n) is 11.4. The van der Waals surface area contributed by atoms with Gasteiger partial charge in [0.2, 0.25) is 0 Å². The fraction of sp³-hybridized carbons (Fsp3) is 0.143. The fourth-order valence-electron chi connectivity index (χ4n) is 1.58. The van der Waals surface area contributed by atoms with Gasteiger partial charge in [-0.1, -0.05) is 60.2 Å². The molecule has 0 bridgehead atoms. The molecule has 4 nitrogen and oxygen atoms in total. The van der Waals surface area contributed by atoms with Crippen LogP contribution in [0.25, 0.3) is 0 Å². The first-order chi connectivity index (χ1) is 10.3. The van der Waals surface area contributed by atoms with E-state index in [1.54, 1.807) is 30.3 Å². The normalized spacial score (nSPS) is 9.68. The molecule has 120 valence electrons. The minimum Gasteiger partial charge on any atom is -0.328 e. The smallest absolute Gasteiger partial charge is 0.298 e. The molecule has 22 heavy (non-hydrogen) atoms. The van der Waals surface area contributed by atoms with E-state index in [1.165, 1.54) is 24.3 Å². The standard InChI is InChI=1S/C14H12F2.Br2.HNO3/c1-11-7-9-13(10-8-11)14(15,16)12-5-3-2-4-6-12;1-2;2-1(3)4/h2-10H,1H3;;(H,2,3,4). The van der Waals surface area contributed by atoms with Gasteiger partial charge >= 0.3 is 0 Å². The van der Waals surface area contributed by atoms with E-state index in [2.05, 4.69) is 28.3 Å². The average molecular weight is 441 g/mol. The molecule has 0 aliphatic heterocycles. The van der Waals surface area contributed by atoms with Crippen LogP contribution in [-0.2, 0) is 5.92 Å². The van der Waals surface area contributed by atoms with Gasteiger partial charge in [0, 0.05) is 39.4 Å². The lowest BCUT2D eigenvalue weighted by molar-refractivity contribution is -0.742. The van der Waals surface area contributed by atoms with Gasteiger partial charge in [-0.25, -0.2) is 0 Å². The van der Waals surface area contributed by atoms with E-state index in [4.69, 9.17) is 15.3 Å². The van der Waals surface area contributed by atoms with Crippen LogP contribution in [0.15, 0.2) is 54.6 Å². The van der Waals surface area contributed by atoms with Crippen LogP contribution >= 0.6 is 28.3 Å². The summed E-state index contributed by atoms with van der Waals surface area (Å²) < 4.78 is 28.0. The summed E-state index contributed by atoms with van der Waals surface area (Å²) >= 11 is 5.50. The average Bonchev–Trinajstić information content (AvgIpc) is 2.50. The van der Waals surface area contributed by atoms with Gasteiger partial charge in [0.1, 0.15) is 0 Å². The molecule has 0 atom stereocenters. The minimum absolute atomic E-state index is 0.0267. The summed E-state index contributed by atoms with van der Waals surface area (Å²) in [6, 6.07) is 14.2. The summed E-state index contributed by atoms with van der Waals surface area (Å²) in [6.45, 7) is 1.88. The van der Waals surface area contributed by atoms with E-state index in [1.807, 2.05) is 6.92 Å². The Balaban J connectivity index is 0.000000640. The van der Waals surface area contributed by atoms with Crippen molar-refractivity contribution in [2.75, 3.05) is 0 Å². The Hall–Kier alpha value is -1.54. The third-order valence-corrected chi connectivity index (χ3v) is 2.55. The molecule has 2 aromatic carbocycles. The molecule has 0 radical (unpaired) electrons. The Bertz CT molecular complexity index is 562. The summed E-state index contributed by atoms with van der Waals surface area (Å²) in [5.41, 5.74) is 1.04. The molecule has 1 N–H and O–H groups in total. The molecule has 0 heterocycles. The highest BCUT2D eigenvalue weighted by Crippen LogP contribution is 2.35. The van der Waals surface area contributed by atoms with Gasteiger partial charge < -0.3 is 5.21 Å². The number of hydrogen-bond donors (Lipinski definition) is 1. The first kappa shape index (κ1) is 20.5. The zero-order valence-corrected chi connectivity index (χ0v) is 14.6.